The molecule has 0 fully saturated rings. The molecular formula is C12H12BrNO. The molecule has 1 heterocycles. The SMILES string of the molecule is COCc1cnc2c(Br)cc(C)cc2c1. The summed E-state index contributed by atoms with van der Waals surface area (Å²) in [5.41, 5.74) is 3.33. The van der Waals surface area contributed by atoms with Crippen LogP contribution in [0.4, 0.5) is 0 Å². The second-order valence-corrected chi connectivity index (χ2v) is 4.45. The summed E-state index contributed by atoms with van der Waals surface area (Å²) in [6.45, 7) is 2.68. The molecule has 0 spiro atoms. The smallest absolute Gasteiger partial charge is 0.0844 e. The highest BCUT2D eigenvalue weighted by molar-refractivity contribution is 9.10. The van der Waals surface area contributed by atoms with Crippen molar-refractivity contribution in [3.8, 4) is 0 Å². The van der Waals surface area contributed by atoms with Crippen molar-refractivity contribution in [1.29, 1.82) is 0 Å². The van der Waals surface area contributed by atoms with Crippen LogP contribution in [0, 0.1) is 6.92 Å². The van der Waals surface area contributed by atoms with Crippen LogP contribution in [0.15, 0.2) is 28.9 Å². The number of fused-ring (bicyclic) bond motifs is 1. The number of hydrogen-bond donors (Lipinski definition) is 0. The Kier molecular flexibility index (Phi) is 3.03. The third kappa shape index (κ3) is 2.19. The van der Waals surface area contributed by atoms with Crippen molar-refractivity contribution in [2.45, 2.75) is 13.5 Å². The van der Waals surface area contributed by atoms with Gasteiger partial charge in [-0.25, -0.2) is 0 Å². The van der Waals surface area contributed by atoms with Crippen LogP contribution in [-0.4, -0.2) is 12.1 Å². The second-order valence-electron chi connectivity index (χ2n) is 3.60. The van der Waals surface area contributed by atoms with E-state index in [-0.39, 0.29) is 0 Å². The quantitative estimate of drug-likeness (QED) is 0.830. The van der Waals surface area contributed by atoms with Crippen molar-refractivity contribution in [3.05, 3.63) is 40.0 Å². The van der Waals surface area contributed by atoms with Gasteiger partial charge in [0.2, 0.25) is 0 Å². The molecule has 2 rings (SSSR count). The number of nitrogens with zero attached hydrogens (tertiary/aromatic N) is 1. The van der Waals surface area contributed by atoms with Crippen LogP contribution >= 0.6 is 15.9 Å². The van der Waals surface area contributed by atoms with E-state index in [0.717, 1.165) is 20.9 Å². The lowest BCUT2D eigenvalue weighted by Crippen LogP contribution is -1.90. The number of aryl methyl sites for hydroxylation is 1. The van der Waals surface area contributed by atoms with Gasteiger partial charge in [0, 0.05) is 23.2 Å². The molecule has 1 aromatic heterocycles. The molecule has 3 heteroatoms. The molecule has 2 nitrogen and oxygen atoms in total. The van der Waals surface area contributed by atoms with E-state index in [1.807, 2.05) is 6.20 Å². The summed E-state index contributed by atoms with van der Waals surface area (Å²) < 4.78 is 6.13. The second kappa shape index (κ2) is 4.29. The van der Waals surface area contributed by atoms with Crippen LogP contribution < -0.4 is 0 Å². The lowest BCUT2D eigenvalue weighted by atomic mass is 10.1. The van der Waals surface area contributed by atoms with Crippen LogP contribution in [0.3, 0.4) is 0 Å². The molecule has 0 N–H and O–H groups in total. The summed E-state index contributed by atoms with van der Waals surface area (Å²) in [5.74, 6) is 0. The van der Waals surface area contributed by atoms with Gasteiger partial charge in [0.15, 0.2) is 0 Å². The summed E-state index contributed by atoms with van der Waals surface area (Å²) in [4.78, 5) is 4.41. The van der Waals surface area contributed by atoms with Crippen LogP contribution in [0.5, 0.6) is 0 Å². The van der Waals surface area contributed by atoms with Gasteiger partial charge in [-0.15, -0.1) is 0 Å². The summed E-state index contributed by atoms with van der Waals surface area (Å²) in [5, 5.41) is 1.15. The number of hydrogen-bond acceptors (Lipinski definition) is 2. The van der Waals surface area contributed by atoms with E-state index in [4.69, 9.17) is 4.74 Å². The number of halogens is 1. The van der Waals surface area contributed by atoms with Crippen molar-refractivity contribution in [1.82, 2.24) is 4.98 Å². The molecule has 1 aromatic carbocycles. The molecule has 0 unspecified atom stereocenters. The fourth-order valence-corrected chi connectivity index (χ4v) is 2.33. The van der Waals surface area contributed by atoms with Crippen molar-refractivity contribution < 1.29 is 4.74 Å². The third-order valence-electron chi connectivity index (χ3n) is 2.25. The topological polar surface area (TPSA) is 22.1 Å². The van der Waals surface area contributed by atoms with Crippen LogP contribution in [0.1, 0.15) is 11.1 Å². The monoisotopic (exact) mass is 265 g/mol. The molecule has 0 atom stereocenters. The molecule has 0 bridgehead atoms. The maximum Gasteiger partial charge on any atom is 0.0844 e. The van der Waals surface area contributed by atoms with Crippen molar-refractivity contribution in [3.63, 3.8) is 0 Å². The summed E-state index contributed by atoms with van der Waals surface area (Å²) >= 11 is 3.52. The largest absolute Gasteiger partial charge is 0.380 e. The van der Waals surface area contributed by atoms with E-state index < -0.39 is 0 Å². The van der Waals surface area contributed by atoms with E-state index in [9.17, 15) is 0 Å². The van der Waals surface area contributed by atoms with Crippen LogP contribution in [0.2, 0.25) is 0 Å². The zero-order valence-corrected chi connectivity index (χ0v) is 10.3. The van der Waals surface area contributed by atoms with Crippen molar-refractivity contribution in [2.75, 3.05) is 7.11 Å². The first-order valence-corrected chi connectivity index (χ1v) is 5.53. The first kappa shape index (κ1) is 10.6. The minimum atomic E-state index is 0.606. The molecule has 15 heavy (non-hydrogen) atoms. The van der Waals surface area contributed by atoms with E-state index in [1.165, 1.54) is 5.56 Å². The molecule has 0 saturated carbocycles. The molecule has 0 radical (unpaired) electrons. The molecule has 0 amide bonds. The van der Waals surface area contributed by atoms with Crippen molar-refractivity contribution >= 4 is 26.8 Å². The zero-order chi connectivity index (χ0) is 10.8. The Bertz CT molecular complexity index is 496. The average molecular weight is 266 g/mol. The molecule has 0 saturated heterocycles. The van der Waals surface area contributed by atoms with Gasteiger partial charge in [-0.3, -0.25) is 4.98 Å². The van der Waals surface area contributed by atoms with Gasteiger partial charge in [-0.05, 0) is 52.2 Å². The maximum absolute atomic E-state index is 5.09. The van der Waals surface area contributed by atoms with Gasteiger partial charge < -0.3 is 4.74 Å². The number of methoxy groups -OCH3 is 1. The number of pyridine rings is 1. The average Bonchev–Trinajstić information content (AvgIpc) is 2.17. The molecule has 0 aliphatic carbocycles. The first-order valence-electron chi connectivity index (χ1n) is 4.74. The van der Waals surface area contributed by atoms with E-state index in [1.54, 1.807) is 7.11 Å². The van der Waals surface area contributed by atoms with Gasteiger partial charge in [0.1, 0.15) is 0 Å². The van der Waals surface area contributed by atoms with Crippen LogP contribution in [-0.2, 0) is 11.3 Å². The minimum absolute atomic E-state index is 0.606. The molecule has 78 valence electrons. The number of aromatic nitrogens is 1. The van der Waals surface area contributed by atoms with Gasteiger partial charge in [-0.2, -0.15) is 0 Å². The Morgan fingerprint density at radius 3 is 2.87 bits per heavy atom. The summed E-state index contributed by atoms with van der Waals surface area (Å²) in [6.07, 6.45) is 1.85. The van der Waals surface area contributed by atoms with Crippen molar-refractivity contribution in [2.24, 2.45) is 0 Å². The number of ether oxygens (including phenoxy) is 1. The Morgan fingerprint density at radius 1 is 1.33 bits per heavy atom. The first-order chi connectivity index (χ1) is 7.20. The van der Waals surface area contributed by atoms with Gasteiger partial charge >= 0.3 is 0 Å². The lowest BCUT2D eigenvalue weighted by molar-refractivity contribution is 0.185. The van der Waals surface area contributed by atoms with Gasteiger partial charge in [-0.1, -0.05) is 0 Å². The molecular weight excluding hydrogens is 254 g/mol. The minimum Gasteiger partial charge on any atom is -0.380 e. The Morgan fingerprint density at radius 2 is 2.13 bits per heavy atom. The van der Waals surface area contributed by atoms with E-state index in [2.05, 4.69) is 46.0 Å². The Labute approximate surface area is 97.4 Å². The number of benzene rings is 1. The Hall–Kier alpha value is -0.930. The van der Waals surface area contributed by atoms with Gasteiger partial charge in [0.05, 0.1) is 12.1 Å². The summed E-state index contributed by atoms with van der Waals surface area (Å²) in [6, 6.07) is 6.32. The molecule has 0 aliphatic heterocycles. The number of rotatable bonds is 2. The highest BCUT2D eigenvalue weighted by Crippen LogP contribution is 2.24. The highest BCUT2D eigenvalue weighted by atomic mass is 79.9. The molecule has 2 aromatic rings. The normalized spacial score (nSPS) is 10.9. The predicted octanol–water partition coefficient (Wildman–Crippen LogP) is 3.45. The van der Waals surface area contributed by atoms with E-state index in [0.29, 0.717) is 6.61 Å². The Balaban J connectivity index is 2.60. The summed E-state index contributed by atoms with van der Waals surface area (Å²) in [7, 11) is 1.69. The van der Waals surface area contributed by atoms with Crippen LogP contribution in [0.25, 0.3) is 10.9 Å². The third-order valence-corrected chi connectivity index (χ3v) is 2.85. The lowest BCUT2D eigenvalue weighted by Gasteiger charge is -2.04. The fraction of sp³-hybridized carbons (Fsp3) is 0.250. The standard InChI is InChI=1S/C12H12BrNO/c1-8-3-10-5-9(7-15-2)6-14-12(10)11(13)4-8/h3-6H,7H2,1-2H3. The fourth-order valence-electron chi connectivity index (χ4n) is 1.64. The maximum atomic E-state index is 5.09. The highest BCUT2D eigenvalue weighted by Gasteiger charge is 2.02. The van der Waals surface area contributed by atoms with E-state index >= 15 is 0 Å². The zero-order valence-electron chi connectivity index (χ0n) is 8.75. The predicted molar refractivity (Wildman–Crippen MR) is 64.9 cm³/mol. The van der Waals surface area contributed by atoms with Gasteiger partial charge in [0.25, 0.3) is 0 Å². The molecule has 0 aliphatic rings.